The number of nitrogens with one attached hydrogen (secondary N) is 2. The summed E-state index contributed by atoms with van der Waals surface area (Å²) in [4.78, 5) is 29.7. The molecule has 2 fully saturated rings. The quantitative estimate of drug-likeness (QED) is 0.441. The van der Waals surface area contributed by atoms with Crippen LogP contribution in [0.2, 0.25) is 0 Å². The molecule has 3 aliphatic rings. The first kappa shape index (κ1) is 31.3. The number of rotatable bonds is 7. The second-order valence-electron chi connectivity index (χ2n) is 10.4. The Morgan fingerprint density at radius 1 is 1.27 bits per heavy atom. The Morgan fingerprint density at radius 2 is 2.02 bits per heavy atom. The van der Waals surface area contributed by atoms with Crippen molar-refractivity contribution >= 4 is 50.9 Å². The van der Waals surface area contributed by atoms with E-state index in [2.05, 4.69) is 26.6 Å². The molecule has 2 aromatic rings. The average Bonchev–Trinajstić information content (AvgIpc) is 3.04. The number of benzene rings is 2. The van der Waals surface area contributed by atoms with E-state index >= 15 is 4.39 Å². The summed E-state index contributed by atoms with van der Waals surface area (Å²) in [6, 6.07) is 7.56. The number of hydrogen-bond donors (Lipinski definition) is 2. The molecule has 2 saturated heterocycles. The van der Waals surface area contributed by atoms with Crippen LogP contribution in [0, 0.1) is 0 Å². The Morgan fingerprint density at radius 3 is 2.71 bits per heavy atom. The molecule has 11 heteroatoms. The van der Waals surface area contributed by atoms with Crippen molar-refractivity contribution in [1.29, 1.82) is 0 Å². The van der Waals surface area contributed by atoms with Crippen molar-refractivity contribution < 1.29 is 28.2 Å². The van der Waals surface area contributed by atoms with Gasteiger partial charge in [0.15, 0.2) is 11.6 Å². The van der Waals surface area contributed by atoms with Crippen LogP contribution >= 0.6 is 28.3 Å². The van der Waals surface area contributed by atoms with Crippen molar-refractivity contribution in [2.75, 3.05) is 27.4 Å². The molecule has 0 radical (unpaired) electrons. The van der Waals surface area contributed by atoms with E-state index in [1.807, 2.05) is 37.3 Å². The van der Waals surface area contributed by atoms with Crippen LogP contribution in [0.15, 0.2) is 58.5 Å². The lowest BCUT2D eigenvalue weighted by atomic mass is 9.84. The molecule has 2 heterocycles. The van der Waals surface area contributed by atoms with Crippen LogP contribution in [0.1, 0.15) is 38.2 Å². The van der Waals surface area contributed by atoms with Gasteiger partial charge in [-0.15, -0.1) is 12.4 Å². The fourth-order valence-corrected chi connectivity index (χ4v) is 6.36. The van der Waals surface area contributed by atoms with Crippen molar-refractivity contribution in [2.45, 2.75) is 62.9 Å². The summed E-state index contributed by atoms with van der Waals surface area (Å²) < 4.78 is 34.4. The number of ether oxygens (including phenoxy) is 3. The maximum atomic E-state index is 15.5. The zero-order valence-electron chi connectivity index (χ0n) is 23.4. The zero-order chi connectivity index (χ0) is 28.4. The van der Waals surface area contributed by atoms with Crippen molar-refractivity contribution in [3.05, 3.63) is 64.1 Å². The molecule has 2 aromatic carbocycles. The molecule has 3 atom stereocenters. The SMILES string of the molecule is CC[C@H](NC)C(=O)N[C@@H]1C(=O)N(Cc2c(OC)ccc3cc(Br)ccc23)C2CC=CC(F)=C2OC12CCOCC2.Cl. The molecule has 1 spiro atoms. The first-order chi connectivity index (χ1) is 19.3. The van der Waals surface area contributed by atoms with Crippen molar-refractivity contribution in [3.63, 3.8) is 0 Å². The molecule has 8 nitrogen and oxygen atoms in total. The van der Waals surface area contributed by atoms with Gasteiger partial charge in [-0.2, -0.15) is 0 Å². The molecule has 2 aliphatic heterocycles. The van der Waals surface area contributed by atoms with E-state index < -0.39 is 29.6 Å². The fraction of sp³-hybridized carbons (Fsp3) is 0.467. The van der Waals surface area contributed by atoms with Crippen molar-refractivity contribution in [2.24, 2.45) is 0 Å². The maximum absolute atomic E-state index is 15.5. The Bertz CT molecular complexity index is 1360. The summed E-state index contributed by atoms with van der Waals surface area (Å²) in [5.74, 6) is -0.393. The summed E-state index contributed by atoms with van der Waals surface area (Å²) in [7, 11) is 3.30. The topological polar surface area (TPSA) is 89.1 Å². The van der Waals surface area contributed by atoms with Gasteiger partial charge >= 0.3 is 0 Å². The third-order valence-corrected chi connectivity index (χ3v) is 8.70. The van der Waals surface area contributed by atoms with E-state index in [1.165, 1.54) is 6.08 Å². The fourth-order valence-electron chi connectivity index (χ4n) is 5.98. The van der Waals surface area contributed by atoms with Crippen LogP contribution in [-0.2, 0) is 25.6 Å². The summed E-state index contributed by atoms with van der Waals surface area (Å²) in [6.45, 7) is 2.71. The van der Waals surface area contributed by atoms with Gasteiger partial charge in [-0.25, -0.2) is 4.39 Å². The molecule has 2 N–H and O–H groups in total. The predicted molar refractivity (Wildman–Crippen MR) is 161 cm³/mol. The van der Waals surface area contributed by atoms with Crippen molar-refractivity contribution in [3.8, 4) is 5.75 Å². The number of fused-ring (bicyclic) bond motifs is 2. The van der Waals surface area contributed by atoms with Gasteiger partial charge in [0.1, 0.15) is 17.4 Å². The Balaban J connectivity index is 0.00000387. The number of allylic oxidation sites excluding steroid dienone is 2. The summed E-state index contributed by atoms with van der Waals surface area (Å²) in [5.41, 5.74) is -0.347. The summed E-state index contributed by atoms with van der Waals surface area (Å²) in [6.07, 6.45) is 4.71. The van der Waals surface area contributed by atoms with E-state index in [-0.39, 0.29) is 36.5 Å². The molecule has 41 heavy (non-hydrogen) atoms. The number of likely N-dealkylation sites (N-methyl/N-ethyl adjacent to an activating group) is 1. The normalized spacial score (nSPS) is 22.5. The second kappa shape index (κ2) is 13.1. The molecule has 0 saturated carbocycles. The molecular weight excluding hydrogens is 617 g/mol. The van der Waals surface area contributed by atoms with Gasteiger partial charge in [0.25, 0.3) is 0 Å². The van der Waals surface area contributed by atoms with Gasteiger partial charge in [0, 0.05) is 22.9 Å². The van der Waals surface area contributed by atoms with E-state index in [0.29, 0.717) is 44.6 Å². The van der Waals surface area contributed by atoms with E-state index in [4.69, 9.17) is 14.2 Å². The number of hydrogen-bond acceptors (Lipinski definition) is 6. The monoisotopic (exact) mass is 651 g/mol. The van der Waals surface area contributed by atoms with Crippen LogP contribution in [0.25, 0.3) is 10.8 Å². The predicted octanol–water partition coefficient (Wildman–Crippen LogP) is 4.93. The highest BCUT2D eigenvalue weighted by atomic mass is 79.9. The summed E-state index contributed by atoms with van der Waals surface area (Å²) in [5, 5.41) is 7.91. The minimum atomic E-state index is -1.14. The van der Waals surface area contributed by atoms with Crippen LogP contribution in [0.5, 0.6) is 5.75 Å². The molecule has 5 rings (SSSR count). The van der Waals surface area contributed by atoms with E-state index in [9.17, 15) is 9.59 Å². The standard InChI is InChI=1S/C30H35BrFN3O5.ClH/c1-4-23(33-2)28(36)34-27-29(37)35(17-21-20-10-9-19(31)16-18(20)8-11-25(21)38-3)24-7-5-6-22(32)26(24)40-30(27)12-14-39-15-13-30;/h5-6,8-11,16,23-24,27,33H,4,7,12-15,17H2,1-3H3,(H,34,36);1H/t23-,24?,27+;/m0./s1. The van der Waals surface area contributed by atoms with Crippen LogP contribution in [-0.4, -0.2) is 67.8 Å². The molecule has 222 valence electrons. The molecule has 0 aromatic heterocycles. The van der Waals surface area contributed by atoms with Gasteiger partial charge < -0.3 is 29.7 Å². The van der Waals surface area contributed by atoms with Gasteiger partial charge in [0.2, 0.25) is 11.8 Å². The third kappa shape index (κ3) is 5.98. The zero-order valence-corrected chi connectivity index (χ0v) is 25.8. The van der Waals surface area contributed by atoms with Gasteiger partial charge in [0.05, 0.1) is 39.0 Å². The first-order valence-corrected chi connectivity index (χ1v) is 14.5. The molecule has 0 bridgehead atoms. The molecule has 2 amide bonds. The lowest BCUT2D eigenvalue weighted by Gasteiger charge is -2.42. The lowest BCUT2D eigenvalue weighted by molar-refractivity contribution is -0.148. The number of halogens is 3. The smallest absolute Gasteiger partial charge is 0.250 e. The molecule has 1 aliphatic carbocycles. The average molecular weight is 653 g/mol. The third-order valence-electron chi connectivity index (χ3n) is 8.20. The Hall–Kier alpha value is -2.66. The number of nitrogens with zero attached hydrogens (tertiary/aromatic N) is 1. The highest BCUT2D eigenvalue weighted by molar-refractivity contribution is 9.10. The van der Waals surface area contributed by atoms with Crippen LogP contribution in [0.4, 0.5) is 4.39 Å². The molecular formula is C30H36BrClFN3O5. The van der Waals surface area contributed by atoms with Gasteiger partial charge in [-0.1, -0.05) is 41.1 Å². The Kier molecular flexibility index (Phi) is 10.00. The minimum Gasteiger partial charge on any atom is -0.496 e. The van der Waals surface area contributed by atoms with Crippen molar-refractivity contribution in [1.82, 2.24) is 15.5 Å². The molecule has 1 unspecified atom stereocenters. The number of carbonyl (C=O) groups excluding carboxylic acids is 2. The van der Waals surface area contributed by atoms with Crippen LogP contribution in [0.3, 0.4) is 0 Å². The van der Waals surface area contributed by atoms with Gasteiger partial charge in [-0.3, -0.25) is 9.59 Å². The first-order valence-electron chi connectivity index (χ1n) is 13.7. The highest BCUT2D eigenvalue weighted by Gasteiger charge is 2.54. The largest absolute Gasteiger partial charge is 0.496 e. The second-order valence-corrected chi connectivity index (χ2v) is 11.3. The number of carbonyl (C=O) groups is 2. The summed E-state index contributed by atoms with van der Waals surface area (Å²) >= 11 is 3.53. The maximum Gasteiger partial charge on any atom is 0.250 e. The number of amides is 2. The van der Waals surface area contributed by atoms with E-state index in [1.54, 1.807) is 25.1 Å². The minimum absolute atomic E-state index is 0. The number of methoxy groups -OCH3 is 1. The lowest BCUT2D eigenvalue weighted by Crippen LogP contribution is -2.63. The van der Waals surface area contributed by atoms with E-state index in [0.717, 1.165) is 20.8 Å². The van der Waals surface area contributed by atoms with Crippen LogP contribution < -0.4 is 15.4 Å². The highest BCUT2D eigenvalue weighted by Crippen LogP contribution is 2.42. The van der Waals surface area contributed by atoms with Gasteiger partial charge in [-0.05, 0) is 54.9 Å². The Labute approximate surface area is 254 Å².